The number of carboxylic acid groups (broad SMARTS) is 1. The Morgan fingerprint density at radius 2 is 1.86 bits per heavy atom. The number of phenolic OH excluding ortho intramolecular Hbond substituents is 1. The Morgan fingerprint density at radius 1 is 1.14 bits per heavy atom. The van der Waals surface area contributed by atoms with Crippen LogP contribution in [0.4, 0.5) is 10.5 Å². The molecule has 35 heavy (non-hydrogen) atoms. The molecule has 1 heterocycles. The van der Waals surface area contributed by atoms with E-state index in [-0.39, 0.29) is 22.8 Å². The fourth-order valence-corrected chi connectivity index (χ4v) is 4.87. The molecule has 2 unspecified atom stereocenters. The summed E-state index contributed by atoms with van der Waals surface area (Å²) in [5.41, 5.74) is -0.0322. The second-order valence-corrected chi connectivity index (χ2v) is 9.92. The summed E-state index contributed by atoms with van der Waals surface area (Å²) in [5, 5.41) is 25.2. The maximum absolute atomic E-state index is 13.2. The molecule has 0 bridgehead atoms. The molecule has 3 N–H and O–H groups in total. The van der Waals surface area contributed by atoms with Gasteiger partial charge in [0.25, 0.3) is 0 Å². The van der Waals surface area contributed by atoms with Crippen LogP contribution in [0, 0.1) is 0 Å². The van der Waals surface area contributed by atoms with E-state index in [9.17, 15) is 29.4 Å². The van der Waals surface area contributed by atoms with Gasteiger partial charge in [0.2, 0.25) is 5.91 Å². The highest BCUT2D eigenvalue weighted by Crippen LogP contribution is 2.42. The third-order valence-corrected chi connectivity index (χ3v) is 6.20. The molecule has 3 amide bonds. The smallest absolute Gasteiger partial charge is 0.330 e. The summed E-state index contributed by atoms with van der Waals surface area (Å²) < 4.78 is 5.50. The summed E-state index contributed by atoms with van der Waals surface area (Å²) in [7, 11) is 0. The number of nitrogens with zero attached hydrogens (tertiary/aromatic N) is 1. The first kappa shape index (κ1) is 25.9. The third kappa shape index (κ3) is 6.89. The zero-order valence-electron chi connectivity index (χ0n) is 19.4. The Labute approximate surface area is 206 Å². The number of carbonyl (C=O) groups excluding carboxylic acids is 4. The predicted molar refractivity (Wildman–Crippen MR) is 128 cm³/mol. The molecule has 0 spiro atoms. The number of carboxylic acids is 1. The van der Waals surface area contributed by atoms with E-state index >= 15 is 0 Å². The van der Waals surface area contributed by atoms with Gasteiger partial charge >= 0.3 is 12.0 Å². The van der Waals surface area contributed by atoms with Crippen LogP contribution in [0.1, 0.15) is 42.1 Å². The van der Waals surface area contributed by atoms with E-state index in [2.05, 4.69) is 10.6 Å². The minimum Gasteiger partial charge on any atom is -0.545 e. The Kier molecular flexibility index (Phi) is 7.90. The lowest BCUT2D eigenvalue weighted by Crippen LogP contribution is -2.49. The molecule has 3 rings (SSSR count). The summed E-state index contributed by atoms with van der Waals surface area (Å²) in [4.78, 5) is 50.7. The summed E-state index contributed by atoms with van der Waals surface area (Å²) in [6, 6.07) is 10.3. The summed E-state index contributed by atoms with van der Waals surface area (Å²) in [6.45, 7) is 4.76. The van der Waals surface area contributed by atoms with Crippen molar-refractivity contribution in [1.29, 1.82) is 0 Å². The van der Waals surface area contributed by atoms with Crippen LogP contribution in [-0.4, -0.2) is 57.8 Å². The van der Waals surface area contributed by atoms with Gasteiger partial charge in [0.05, 0.1) is 12.5 Å². The Bertz CT molecular complexity index is 1130. The Balaban J connectivity index is 1.74. The first-order valence-electron chi connectivity index (χ1n) is 10.8. The van der Waals surface area contributed by atoms with Gasteiger partial charge in [-0.15, -0.1) is 11.8 Å². The number of anilines is 1. The van der Waals surface area contributed by atoms with Crippen molar-refractivity contribution in [3.8, 4) is 5.75 Å². The van der Waals surface area contributed by atoms with Gasteiger partial charge in [0, 0.05) is 11.4 Å². The molecule has 0 saturated carbocycles. The average molecular weight is 501 g/mol. The van der Waals surface area contributed by atoms with Gasteiger partial charge in [0.15, 0.2) is 0 Å². The number of esters is 1. The molecule has 1 aliphatic heterocycles. The number of thioether (sulfide) groups is 1. The average Bonchev–Trinajstić information content (AvgIpc) is 3.22. The largest absolute Gasteiger partial charge is 0.545 e. The van der Waals surface area contributed by atoms with E-state index in [1.807, 2.05) is 0 Å². The van der Waals surface area contributed by atoms with E-state index in [1.165, 1.54) is 53.1 Å². The normalized spacial score (nSPS) is 17.5. The predicted octanol–water partition coefficient (Wildman–Crippen LogP) is 1.86. The van der Waals surface area contributed by atoms with Gasteiger partial charge < -0.3 is 35.3 Å². The molecule has 10 nitrogen and oxygen atoms in total. The number of phenols is 1. The summed E-state index contributed by atoms with van der Waals surface area (Å²) in [6.07, 6.45) is 0. The SMILES string of the molecule is CC(C)(C)OC(=O)C1CSC(c2cccc(O)c2)N1C(=O)CNC(=O)Nc1cccc(C(=O)[O-])c1. The maximum atomic E-state index is 13.2. The molecule has 11 heteroatoms. The molecule has 186 valence electrons. The number of hydrogen-bond acceptors (Lipinski definition) is 8. The first-order chi connectivity index (χ1) is 16.4. The molecule has 0 aliphatic carbocycles. The van der Waals surface area contributed by atoms with Crippen LogP contribution in [-0.2, 0) is 14.3 Å². The molecule has 1 fully saturated rings. The van der Waals surface area contributed by atoms with Crippen molar-refractivity contribution in [2.24, 2.45) is 0 Å². The molecule has 0 aromatic heterocycles. The van der Waals surface area contributed by atoms with Crippen molar-refractivity contribution >= 4 is 41.3 Å². The highest BCUT2D eigenvalue weighted by molar-refractivity contribution is 7.99. The highest BCUT2D eigenvalue weighted by Gasteiger charge is 2.44. The number of carbonyl (C=O) groups is 4. The van der Waals surface area contributed by atoms with Gasteiger partial charge in [-0.3, -0.25) is 4.79 Å². The summed E-state index contributed by atoms with van der Waals surface area (Å²) >= 11 is 1.35. The number of aromatic hydroxyl groups is 1. The molecule has 1 aliphatic rings. The van der Waals surface area contributed by atoms with Gasteiger partial charge in [-0.2, -0.15) is 0 Å². The maximum Gasteiger partial charge on any atom is 0.330 e. The number of benzene rings is 2. The second kappa shape index (κ2) is 10.7. The van der Waals surface area contributed by atoms with Gasteiger partial charge in [-0.25, -0.2) is 9.59 Å². The topological polar surface area (TPSA) is 148 Å². The van der Waals surface area contributed by atoms with Crippen LogP contribution >= 0.6 is 11.8 Å². The number of nitrogens with one attached hydrogen (secondary N) is 2. The molecular formula is C24H26N3O7S-. The quantitative estimate of drug-likeness (QED) is 0.509. The monoisotopic (exact) mass is 500 g/mol. The van der Waals surface area contributed by atoms with Crippen LogP contribution in [0.3, 0.4) is 0 Å². The van der Waals surface area contributed by atoms with E-state index in [0.29, 0.717) is 5.56 Å². The number of rotatable bonds is 6. The van der Waals surface area contributed by atoms with Crippen molar-refractivity contribution in [2.75, 3.05) is 17.6 Å². The Hall–Kier alpha value is -3.73. The van der Waals surface area contributed by atoms with E-state index in [1.54, 1.807) is 32.9 Å². The van der Waals surface area contributed by atoms with Gasteiger partial charge in [-0.05, 0) is 56.2 Å². The van der Waals surface area contributed by atoms with E-state index in [4.69, 9.17) is 4.74 Å². The van der Waals surface area contributed by atoms with Crippen LogP contribution in [0.15, 0.2) is 48.5 Å². The number of amides is 3. The summed E-state index contributed by atoms with van der Waals surface area (Å²) in [5.74, 6) is -2.18. The molecule has 1 saturated heterocycles. The first-order valence-corrected chi connectivity index (χ1v) is 11.8. The highest BCUT2D eigenvalue weighted by atomic mass is 32.2. The third-order valence-electron chi connectivity index (χ3n) is 4.88. The van der Waals surface area contributed by atoms with Crippen LogP contribution in [0.5, 0.6) is 5.75 Å². The van der Waals surface area contributed by atoms with Crippen molar-refractivity contribution in [1.82, 2.24) is 10.2 Å². The van der Waals surface area contributed by atoms with E-state index in [0.717, 1.165) is 0 Å². The molecule has 2 atom stereocenters. The lowest BCUT2D eigenvalue weighted by atomic mass is 10.1. The Morgan fingerprint density at radius 3 is 2.51 bits per heavy atom. The second-order valence-electron chi connectivity index (χ2n) is 8.81. The minimum atomic E-state index is -1.39. The number of ether oxygens (including phenoxy) is 1. The van der Waals surface area contributed by atoms with Crippen molar-refractivity contribution < 1.29 is 34.1 Å². The van der Waals surface area contributed by atoms with Crippen molar-refractivity contribution in [3.63, 3.8) is 0 Å². The fourth-order valence-electron chi connectivity index (χ4n) is 3.44. The lowest BCUT2D eigenvalue weighted by Gasteiger charge is -2.30. The van der Waals surface area contributed by atoms with Crippen LogP contribution in [0.2, 0.25) is 0 Å². The minimum absolute atomic E-state index is 0.0208. The zero-order chi connectivity index (χ0) is 25.8. The van der Waals surface area contributed by atoms with Gasteiger partial charge in [-0.1, -0.05) is 24.3 Å². The molecule has 0 radical (unpaired) electrons. The standard InChI is InChI=1S/C24H27N3O7S/c1-24(2,3)34-22(32)18-13-35-20(14-6-5-9-17(28)11-14)27(18)19(29)12-25-23(33)26-16-8-4-7-15(10-16)21(30)31/h4-11,18,20,28H,12-13H2,1-3H3,(H,30,31)(H2,25,26,33)/p-1. The van der Waals surface area contributed by atoms with Gasteiger partial charge in [0.1, 0.15) is 22.8 Å². The van der Waals surface area contributed by atoms with Crippen molar-refractivity contribution in [3.05, 3.63) is 59.7 Å². The molecule has 2 aromatic carbocycles. The zero-order valence-corrected chi connectivity index (χ0v) is 20.3. The number of hydrogen-bond donors (Lipinski definition) is 3. The number of urea groups is 1. The lowest BCUT2D eigenvalue weighted by molar-refractivity contribution is -0.255. The number of aromatic carboxylic acids is 1. The van der Waals surface area contributed by atoms with Crippen LogP contribution < -0.4 is 15.7 Å². The van der Waals surface area contributed by atoms with Crippen LogP contribution in [0.25, 0.3) is 0 Å². The van der Waals surface area contributed by atoms with E-state index < -0.39 is 47.4 Å². The molecule has 2 aromatic rings. The fraction of sp³-hybridized carbons (Fsp3) is 0.333. The van der Waals surface area contributed by atoms with Crippen molar-refractivity contribution in [2.45, 2.75) is 37.8 Å². The molecular weight excluding hydrogens is 474 g/mol.